The zero-order valence-corrected chi connectivity index (χ0v) is 18.0. The molecule has 28 heavy (non-hydrogen) atoms. The van der Waals surface area contributed by atoms with Crippen molar-refractivity contribution in [2.24, 2.45) is 0 Å². The first-order valence-corrected chi connectivity index (χ1v) is 9.86. The number of carbonyl (C=O) groups is 2. The summed E-state index contributed by atoms with van der Waals surface area (Å²) in [5.41, 5.74) is 0.837. The number of rotatable bonds is 6. The normalized spacial score (nSPS) is 11.1. The van der Waals surface area contributed by atoms with Crippen LogP contribution in [0.1, 0.15) is 22.3 Å². The molecule has 3 aromatic rings. The Labute approximate surface area is 177 Å². The predicted octanol–water partition coefficient (Wildman–Crippen LogP) is 4.92. The molecule has 0 aliphatic rings. The molecule has 1 heterocycles. The van der Waals surface area contributed by atoms with Gasteiger partial charge in [-0.3, -0.25) is 14.4 Å². The lowest BCUT2D eigenvalue weighted by atomic mass is 10.0. The van der Waals surface area contributed by atoms with Crippen molar-refractivity contribution in [3.63, 3.8) is 0 Å². The van der Waals surface area contributed by atoms with Crippen LogP contribution in [0, 0.1) is 0 Å². The van der Waals surface area contributed by atoms with Gasteiger partial charge in [0.1, 0.15) is 5.75 Å². The number of allylic oxidation sites excluding steroid dienone is 1. The van der Waals surface area contributed by atoms with Crippen LogP contribution in [-0.2, 0) is 4.79 Å². The van der Waals surface area contributed by atoms with Crippen LogP contribution in [-0.4, -0.2) is 23.7 Å². The molecule has 5 nitrogen and oxygen atoms in total. The Morgan fingerprint density at radius 1 is 1.11 bits per heavy atom. The van der Waals surface area contributed by atoms with E-state index in [0.29, 0.717) is 16.7 Å². The van der Waals surface area contributed by atoms with E-state index in [1.807, 2.05) is 6.07 Å². The Kier molecular flexibility index (Phi) is 6.26. The van der Waals surface area contributed by atoms with E-state index in [9.17, 15) is 14.4 Å². The zero-order chi connectivity index (χ0) is 20.3. The smallest absolute Gasteiger partial charge is 0.259 e. The standard InChI is InChI=1S/C21H15Br2NO4/c1-28-15-6-3-12(4-7-15)2-5-14(25)10-20(26)17-11-16-18(23)8-13(22)9-19(16)24-21(17)27/h2-9,11H,10H2,1H3,(H,24,27)/b5-2+. The second kappa shape index (κ2) is 8.67. The molecule has 142 valence electrons. The first kappa shape index (κ1) is 20.2. The zero-order valence-electron chi connectivity index (χ0n) is 14.8. The molecule has 0 bridgehead atoms. The lowest BCUT2D eigenvalue weighted by Crippen LogP contribution is -2.19. The Hall–Kier alpha value is -2.51. The van der Waals surface area contributed by atoms with Gasteiger partial charge in [-0.2, -0.15) is 0 Å². The molecule has 0 fully saturated rings. The molecule has 0 saturated heterocycles. The molecule has 0 atom stereocenters. The highest BCUT2D eigenvalue weighted by molar-refractivity contribution is 9.11. The predicted molar refractivity (Wildman–Crippen MR) is 116 cm³/mol. The Bertz CT molecular complexity index is 1150. The summed E-state index contributed by atoms with van der Waals surface area (Å²) < 4.78 is 6.60. The number of carbonyl (C=O) groups excluding carboxylic acids is 2. The largest absolute Gasteiger partial charge is 0.497 e. The van der Waals surface area contributed by atoms with Crippen LogP contribution in [0.25, 0.3) is 17.0 Å². The van der Waals surface area contributed by atoms with Crippen LogP contribution < -0.4 is 10.3 Å². The number of aromatic amines is 1. The molecule has 0 spiro atoms. The van der Waals surface area contributed by atoms with Crippen molar-refractivity contribution in [2.75, 3.05) is 7.11 Å². The van der Waals surface area contributed by atoms with Gasteiger partial charge in [-0.1, -0.05) is 50.1 Å². The van der Waals surface area contributed by atoms with Gasteiger partial charge in [-0.05, 0) is 42.0 Å². The molecule has 0 aliphatic carbocycles. The minimum atomic E-state index is -0.526. The van der Waals surface area contributed by atoms with Gasteiger partial charge in [0, 0.05) is 14.3 Å². The van der Waals surface area contributed by atoms with E-state index in [1.54, 1.807) is 43.5 Å². The minimum absolute atomic E-state index is 0.0401. The molecule has 3 rings (SSSR count). The summed E-state index contributed by atoms with van der Waals surface area (Å²) in [6.45, 7) is 0. The molecule has 0 aliphatic heterocycles. The SMILES string of the molecule is COc1ccc(/C=C/C(=O)CC(=O)c2cc3c(Br)cc(Br)cc3[nH]c2=O)cc1. The highest BCUT2D eigenvalue weighted by Gasteiger charge is 2.16. The third-order valence-electron chi connectivity index (χ3n) is 4.09. The summed E-state index contributed by atoms with van der Waals surface area (Å²) in [4.78, 5) is 39.6. The fourth-order valence-electron chi connectivity index (χ4n) is 2.66. The third-order valence-corrected chi connectivity index (χ3v) is 5.20. The van der Waals surface area contributed by atoms with E-state index in [2.05, 4.69) is 36.8 Å². The van der Waals surface area contributed by atoms with Crippen LogP contribution in [0.3, 0.4) is 0 Å². The molecular formula is C21H15Br2NO4. The maximum absolute atomic E-state index is 12.5. The van der Waals surface area contributed by atoms with Crippen LogP contribution in [0.4, 0.5) is 0 Å². The molecule has 0 amide bonds. The maximum atomic E-state index is 12.5. The molecule has 0 unspecified atom stereocenters. The van der Waals surface area contributed by atoms with Gasteiger partial charge in [0.2, 0.25) is 0 Å². The van der Waals surface area contributed by atoms with E-state index >= 15 is 0 Å². The molecule has 0 saturated carbocycles. The van der Waals surface area contributed by atoms with Crippen LogP contribution in [0.2, 0.25) is 0 Å². The van der Waals surface area contributed by atoms with E-state index in [1.165, 1.54) is 12.1 Å². The van der Waals surface area contributed by atoms with Gasteiger partial charge >= 0.3 is 0 Å². The number of nitrogens with one attached hydrogen (secondary N) is 1. The van der Waals surface area contributed by atoms with E-state index in [4.69, 9.17) is 4.74 Å². The molecule has 1 N–H and O–H groups in total. The van der Waals surface area contributed by atoms with Crippen molar-refractivity contribution in [2.45, 2.75) is 6.42 Å². The van der Waals surface area contributed by atoms with Crippen LogP contribution >= 0.6 is 31.9 Å². The van der Waals surface area contributed by atoms with Gasteiger partial charge in [0.05, 0.1) is 24.6 Å². The Morgan fingerprint density at radius 2 is 1.82 bits per heavy atom. The summed E-state index contributed by atoms with van der Waals surface area (Å²) in [5, 5.41) is 0.687. The number of fused-ring (bicyclic) bond motifs is 1. The summed E-state index contributed by atoms with van der Waals surface area (Å²) in [5.74, 6) is -0.190. The monoisotopic (exact) mass is 503 g/mol. The van der Waals surface area contributed by atoms with Crippen molar-refractivity contribution in [3.05, 3.63) is 79.0 Å². The first-order chi connectivity index (χ1) is 13.4. The lowest BCUT2D eigenvalue weighted by molar-refractivity contribution is -0.113. The number of halogens is 2. The second-order valence-electron chi connectivity index (χ2n) is 6.03. The van der Waals surface area contributed by atoms with Crippen LogP contribution in [0.5, 0.6) is 5.75 Å². The summed E-state index contributed by atoms with van der Waals surface area (Å²) >= 11 is 6.77. The number of ether oxygens (including phenoxy) is 1. The number of hydrogen-bond donors (Lipinski definition) is 1. The van der Waals surface area contributed by atoms with Crippen molar-refractivity contribution < 1.29 is 14.3 Å². The number of aromatic nitrogens is 1. The summed E-state index contributed by atoms with van der Waals surface area (Å²) in [6.07, 6.45) is 2.57. The van der Waals surface area contributed by atoms with Crippen molar-refractivity contribution in [1.29, 1.82) is 0 Å². The minimum Gasteiger partial charge on any atom is -0.497 e. The molecule has 2 aromatic carbocycles. The fraction of sp³-hybridized carbons (Fsp3) is 0.0952. The number of ketones is 2. The third kappa shape index (κ3) is 4.66. The summed E-state index contributed by atoms with van der Waals surface area (Å²) in [6, 6.07) is 12.2. The average molecular weight is 505 g/mol. The Balaban J connectivity index is 1.78. The Morgan fingerprint density at radius 3 is 2.50 bits per heavy atom. The van der Waals surface area contributed by atoms with E-state index in [-0.39, 0.29) is 17.8 Å². The quantitative estimate of drug-likeness (QED) is 0.294. The van der Waals surface area contributed by atoms with Gasteiger partial charge in [0.25, 0.3) is 5.56 Å². The number of Topliss-reactive ketones (excluding diaryl/α,β-unsaturated/α-hetero) is 1. The van der Waals surface area contributed by atoms with Gasteiger partial charge in [0.15, 0.2) is 11.6 Å². The fourth-order valence-corrected chi connectivity index (χ4v) is 4.00. The first-order valence-electron chi connectivity index (χ1n) is 8.27. The number of benzene rings is 2. The van der Waals surface area contributed by atoms with Gasteiger partial charge in [-0.15, -0.1) is 0 Å². The van der Waals surface area contributed by atoms with Gasteiger partial charge < -0.3 is 9.72 Å². The van der Waals surface area contributed by atoms with E-state index in [0.717, 1.165) is 14.5 Å². The van der Waals surface area contributed by atoms with Crippen LogP contribution in [0.15, 0.2) is 62.3 Å². The highest BCUT2D eigenvalue weighted by Crippen LogP contribution is 2.27. The second-order valence-corrected chi connectivity index (χ2v) is 7.80. The number of pyridine rings is 1. The maximum Gasteiger partial charge on any atom is 0.259 e. The number of methoxy groups -OCH3 is 1. The molecule has 0 radical (unpaired) electrons. The van der Waals surface area contributed by atoms with Crippen molar-refractivity contribution in [3.8, 4) is 5.75 Å². The topological polar surface area (TPSA) is 76.2 Å². The molecule has 1 aromatic heterocycles. The number of H-pyrrole nitrogens is 1. The summed E-state index contributed by atoms with van der Waals surface area (Å²) in [7, 11) is 1.58. The molecule has 7 heteroatoms. The number of hydrogen-bond acceptors (Lipinski definition) is 4. The van der Waals surface area contributed by atoms with Crippen molar-refractivity contribution in [1.82, 2.24) is 4.98 Å². The lowest BCUT2D eigenvalue weighted by Gasteiger charge is -2.05. The highest BCUT2D eigenvalue weighted by atomic mass is 79.9. The average Bonchev–Trinajstić information content (AvgIpc) is 2.66. The molecular weight excluding hydrogens is 490 g/mol. The van der Waals surface area contributed by atoms with Gasteiger partial charge in [-0.25, -0.2) is 0 Å². The van der Waals surface area contributed by atoms with Crippen molar-refractivity contribution >= 4 is 60.4 Å². The van der Waals surface area contributed by atoms with E-state index < -0.39 is 11.3 Å².